The third kappa shape index (κ3) is 5.30. The Morgan fingerprint density at radius 1 is 0.964 bits per heavy atom. The second kappa shape index (κ2) is 9.33. The van der Waals surface area contributed by atoms with Crippen LogP contribution in [0.5, 0.6) is 11.5 Å². The number of aliphatic hydroxyl groups is 1. The lowest BCUT2D eigenvalue weighted by Gasteiger charge is -2.27. The molecule has 0 bridgehead atoms. The monoisotopic (exact) mass is 383 g/mol. The van der Waals surface area contributed by atoms with E-state index in [1.54, 1.807) is 19.1 Å². The van der Waals surface area contributed by atoms with E-state index >= 15 is 0 Å². The van der Waals surface area contributed by atoms with Crippen LogP contribution in [0.3, 0.4) is 0 Å². The van der Waals surface area contributed by atoms with Gasteiger partial charge in [-0.05, 0) is 42.8 Å². The Hall–Kier alpha value is -2.92. The van der Waals surface area contributed by atoms with Crippen molar-refractivity contribution in [3.05, 3.63) is 89.7 Å². The van der Waals surface area contributed by atoms with E-state index in [1.807, 2.05) is 59.5 Å². The zero-order valence-electron chi connectivity index (χ0n) is 15.7. The number of hydrogen-bond donors (Lipinski definition) is 1. The Balaban J connectivity index is 1.84. The Labute approximate surface area is 163 Å². The number of benzene rings is 3. The van der Waals surface area contributed by atoms with Crippen LogP contribution in [0.4, 0.5) is 14.5 Å². The predicted octanol–water partition coefficient (Wildman–Crippen LogP) is 5.47. The fourth-order valence-electron chi connectivity index (χ4n) is 2.96. The first-order valence-corrected chi connectivity index (χ1v) is 9.14. The van der Waals surface area contributed by atoms with Crippen molar-refractivity contribution < 1.29 is 18.6 Å². The number of anilines is 1. The normalized spacial score (nSPS) is 11.9. The van der Waals surface area contributed by atoms with Crippen molar-refractivity contribution in [1.29, 1.82) is 0 Å². The molecule has 5 heteroatoms. The molecule has 0 saturated carbocycles. The summed E-state index contributed by atoms with van der Waals surface area (Å²) in [6, 6.07) is 21.2. The molecule has 0 aliphatic carbocycles. The zero-order chi connectivity index (χ0) is 19.9. The molecular formula is C23H23F2NO2. The molecular weight excluding hydrogens is 360 g/mol. The van der Waals surface area contributed by atoms with Crippen LogP contribution in [0.15, 0.2) is 72.8 Å². The molecule has 28 heavy (non-hydrogen) atoms. The molecule has 146 valence electrons. The Morgan fingerprint density at radius 2 is 1.71 bits per heavy atom. The summed E-state index contributed by atoms with van der Waals surface area (Å²) in [5.41, 5.74) is 1.54. The number of ether oxygens (including phenoxy) is 1. The highest BCUT2D eigenvalue weighted by atomic mass is 19.1. The van der Waals surface area contributed by atoms with Crippen molar-refractivity contribution in [2.24, 2.45) is 0 Å². The predicted molar refractivity (Wildman–Crippen MR) is 107 cm³/mol. The molecule has 1 N–H and O–H groups in total. The van der Waals surface area contributed by atoms with Crippen LogP contribution in [0.2, 0.25) is 0 Å². The lowest BCUT2D eigenvalue weighted by molar-refractivity contribution is 0.199. The molecule has 1 atom stereocenters. The molecule has 0 aliphatic heterocycles. The second-order valence-electron chi connectivity index (χ2n) is 6.70. The minimum absolute atomic E-state index is 0.248. The van der Waals surface area contributed by atoms with E-state index in [0.29, 0.717) is 23.4 Å². The smallest absolute Gasteiger partial charge is 0.129 e. The number of aliphatic hydroxyl groups excluding tert-OH is 1. The van der Waals surface area contributed by atoms with Crippen LogP contribution in [-0.2, 0) is 13.2 Å². The molecule has 0 saturated heterocycles. The van der Waals surface area contributed by atoms with E-state index in [2.05, 4.69) is 0 Å². The number of alkyl halides is 1. The Kier molecular flexibility index (Phi) is 6.61. The second-order valence-corrected chi connectivity index (χ2v) is 6.70. The van der Waals surface area contributed by atoms with Crippen LogP contribution in [0.1, 0.15) is 18.1 Å². The van der Waals surface area contributed by atoms with Crippen LogP contribution in [-0.4, -0.2) is 17.8 Å². The Morgan fingerprint density at radius 3 is 2.39 bits per heavy atom. The molecule has 3 aromatic rings. The topological polar surface area (TPSA) is 32.7 Å². The molecule has 0 aromatic heterocycles. The molecule has 0 radical (unpaired) electrons. The Bertz CT molecular complexity index is 900. The molecule has 3 rings (SSSR count). The van der Waals surface area contributed by atoms with Gasteiger partial charge in [0, 0.05) is 30.4 Å². The van der Waals surface area contributed by atoms with Crippen molar-refractivity contribution in [1.82, 2.24) is 0 Å². The van der Waals surface area contributed by atoms with Gasteiger partial charge in [-0.1, -0.05) is 36.4 Å². The summed E-state index contributed by atoms with van der Waals surface area (Å²) < 4.78 is 32.9. The number of nitrogens with zero attached hydrogens (tertiary/aromatic N) is 1. The number of rotatable bonds is 8. The third-order valence-electron chi connectivity index (χ3n) is 4.28. The summed E-state index contributed by atoms with van der Waals surface area (Å²) in [4.78, 5) is 1.87. The van der Waals surface area contributed by atoms with Gasteiger partial charge in [-0.25, -0.2) is 8.78 Å². The van der Waals surface area contributed by atoms with Crippen LogP contribution >= 0.6 is 0 Å². The minimum atomic E-state index is -0.701. The average molecular weight is 383 g/mol. The highest BCUT2D eigenvalue weighted by Gasteiger charge is 2.14. The van der Waals surface area contributed by atoms with Gasteiger partial charge in [0.15, 0.2) is 0 Å². The molecule has 0 heterocycles. The largest absolute Gasteiger partial charge is 0.457 e. The fraction of sp³-hybridized carbons (Fsp3) is 0.217. The summed E-state index contributed by atoms with van der Waals surface area (Å²) in [5, 5.41) is 9.90. The highest BCUT2D eigenvalue weighted by Crippen LogP contribution is 2.27. The molecule has 3 nitrogen and oxygen atoms in total. The van der Waals surface area contributed by atoms with Crippen LogP contribution in [0, 0.1) is 5.82 Å². The first kappa shape index (κ1) is 19.8. The van der Waals surface area contributed by atoms with Gasteiger partial charge in [0.2, 0.25) is 0 Å². The minimum Gasteiger partial charge on any atom is -0.457 e. The first-order chi connectivity index (χ1) is 13.5. The molecule has 0 fully saturated rings. The average Bonchev–Trinajstić information content (AvgIpc) is 2.69. The quantitative estimate of drug-likeness (QED) is 0.559. The zero-order valence-corrected chi connectivity index (χ0v) is 15.7. The van der Waals surface area contributed by atoms with Gasteiger partial charge >= 0.3 is 0 Å². The molecule has 0 unspecified atom stereocenters. The van der Waals surface area contributed by atoms with Crippen molar-refractivity contribution in [3.63, 3.8) is 0 Å². The van der Waals surface area contributed by atoms with E-state index < -0.39 is 18.6 Å². The van der Waals surface area contributed by atoms with Crippen LogP contribution < -0.4 is 9.64 Å². The third-order valence-corrected chi connectivity index (χ3v) is 4.28. The number of hydrogen-bond acceptors (Lipinski definition) is 3. The van der Waals surface area contributed by atoms with E-state index in [1.165, 1.54) is 6.07 Å². The van der Waals surface area contributed by atoms with Crippen molar-refractivity contribution in [2.45, 2.75) is 26.2 Å². The maximum atomic E-state index is 14.3. The van der Waals surface area contributed by atoms with E-state index in [4.69, 9.17) is 4.74 Å². The van der Waals surface area contributed by atoms with E-state index in [-0.39, 0.29) is 6.54 Å². The summed E-state index contributed by atoms with van der Waals surface area (Å²) in [5.74, 6) is 0.907. The lowest BCUT2D eigenvalue weighted by atomic mass is 10.1. The molecule has 0 aliphatic rings. The summed E-state index contributed by atoms with van der Waals surface area (Å²) in [6.45, 7) is 1.55. The molecule has 0 spiro atoms. The van der Waals surface area contributed by atoms with Crippen molar-refractivity contribution in [2.75, 3.05) is 11.4 Å². The van der Waals surface area contributed by atoms with Crippen molar-refractivity contribution >= 4 is 5.69 Å². The van der Waals surface area contributed by atoms with Gasteiger partial charge in [0.05, 0.1) is 6.10 Å². The maximum absolute atomic E-state index is 14.3. The van der Waals surface area contributed by atoms with Gasteiger partial charge < -0.3 is 14.7 Å². The van der Waals surface area contributed by atoms with Gasteiger partial charge in [-0.15, -0.1) is 0 Å². The maximum Gasteiger partial charge on any atom is 0.129 e. The molecule has 0 amide bonds. The highest BCUT2D eigenvalue weighted by molar-refractivity contribution is 5.52. The number of halogens is 2. The van der Waals surface area contributed by atoms with Gasteiger partial charge in [-0.2, -0.15) is 0 Å². The fourth-order valence-corrected chi connectivity index (χ4v) is 2.96. The number of para-hydroxylation sites is 1. The summed E-state index contributed by atoms with van der Waals surface area (Å²) >= 11 is 0. The molecule has 3 aromatic carbocycles. The van der Waals surface area contributed by atoms with Gasteiger partial charge in [-0.3, -0.25) is 0 Å². The van der Waals surface area contributed by atoms with Gasteiger partial charge in [0.1, 0.15) is 24.0 Å². The van der Waals surface area contributed by atoms with Crippen LogP contribution in [0.25, 0.3) is 0 Å². The summed E-state index contributed by atoms with van der Waals surface area (Å²) in [7, 11) is 0. The standard InChI is InChI=1S/C23H23F2NO2/c1-17(27)15-26(16-19-11-10-18(14-24)12-23(19)25)20-6-5-9-22(13-20)28-21-7-3-2-4-8-21/h2-13,17,27H,14-16H2,1H3/t17-/m0/s1. The first-order valence-electron chi connectivity index (χ1n) is 9.14. The SMILES string of the molecule is C[C@H](O)CN(Cc1ccc(CF)cc1F)c1cccc(Oc2ccccc2)c1. The summed E-state index contributed by atoms with van der Waals surface area (Å²) in [6.07, 6.45) is -0.605. The van der Waals surface area contributed by atoms with E-state index in [0.717, 1.165) is 11.4 Å². The van der Waals surface area contributed by atoms with Crippen molar-refractivity contribution in [3.8, 4) is 11.5 Å². The van der Waals surface area contributed by atoms with E-state index in [9.17, 15) is 13.9 Å². The van der Waals surface area contributed by atoms with Gasteiger partial charge in [0.25, 0.3) is 0 Å². The lowest BCUT2D eigenvalue weighted by Crippen LogP contribution is -2.30.